The van der Waals surface area contributed by atoms with E-state index in [-0.39, 0.29) is 16.9 Å². The first-order valence-electron chi connectivity index (χ1n) is 6.94. The first kappa shape index (κ1) is 15.1. The predicted octanol–water partition coefficient (Wildman–Crippen LogP) is 0.400. The van der Waals surface area contributed by atoms with Crippen LogP contribution in [0.15, 0.2) is 22.1 Å². The van der Waals surface area contributed by atoms with E-state index < -0.39 is 10.0 Å². The third-order valence-corrected chi connectivity index (χ3v) is 5.07. The van der Waals surface area contributed by atoms with E-state index in [2.05, 4.69) is 15.1 Å². The molecule has 10 heteroatoms. The maximum absolute atomic E-state index is 12.5. The number of hydrogen-bond donors (Lipinski definition) is 0. The number of hydrogen-bond acceptors (Lipinski definition) is 7. The average molecular weight is 327 g/mol. The Hall–Kier alpha value is -1.78. The van der Waals surface area contributed by atoms with Gasteiger partial charge in [-0.25, -0.2) is 13.4 Å². The molecule has 120 valence electrons. The molecule has 1 aliphatic rings. The summed E-state index contributed by atoms with van der Waals surface area (Å²) in [5, 5.41) is 3.79. The van der Waals surface area contributed by atoms with Crippen LogP contribution in [0.4, 0.5) is 0 Å². The van der Waals surface area contributed by atoms with Gasteiger partial charge in [-0.2, -0.15) is 9.29 Å². The largest absolute Gasteiger partial charge is 0.379 e. The molecule has 0 unspecified atom stereocenters. The minimum atomic E-state index is -3.62. The monoisotopic (exact) mass is 327 g/mol. The van der Waals surface area contributed by atoms with Gasteiger partial charge in [-0.05, 0) is 5.16 Å². The molecule has 3 heterocycles. The van der Waals surface area contributed by atoms with Crippen molar-refractivity contribution in [2.24, 2.45) is 0 Å². The summed E-state index contributed by atoms with van der Waals surface area (Å²) in [6.45, 7) is 5.30. The molecule has 3 rings (SSSR count). The van der Waals surface area contributed by atoms with Gasteiger partial charge in [0, 0.05) is 19.0 Å². The van der Waals surface area contributed by atoms with Crippen LogP contribution in [0.5, 0.6) is 0 Å². The Morgan fingerprint density at radius 3 is 2.64 bits per heavy atom. The fraction of sp³-hybridized carbons (Fsp3) is 0.583. The summed E-state index contributed by atoms with van der Waals surface area (Å²) in [5.41, 5.74) is 0. The number of morpholine rings is 1. The van der Waals surface area contributed by atoms with Gasteiger partial charge in [0.2, 0.25) is 5.89 Å². The molecule has 0 spiro atoms. The topological polar surface area (TPSA) is 103 Å². The van der Waals surface area contributed by atoms with Crippen LogP contribution < -0.4 is 0 Å². The molecule has 1 saturated heterocycles. The summed E-state index contributed by atoms with van der Waals surface area (Å²) >= 11 is 0. The van der Waals surface area contributed by atoms with Crippen LogP contribution in [-0.4, -0.2) is 58.7 Å². The molecule has 0 aromatic carbocycles. The fourth-order valence-electron chi connectivity index (χ4n) is 2.03. The second kappa shape index (κ2) is 5.78. The van der Waals surface area contributed by atoms with Crippen LogP contribution in [-0.2, 0) is 14.8 Å². The van der Waals surface area contributed by atoms with Crippen LogP contribution in [0, 0.1) is 0 Å². The molecule has 1 fully saturated rings. The second-order valence-electron chi connectivity index (χ2n) is 5.22. The quantitative estimate of drug-likeness (QED) is 0.800. The molecule has 2 aromatic rings. The summed E-state index contributed by atoms with van der Waals surface area (Å²) in [4.78, 5) is 8.17. The highest BCUT2D eigenvalue weighted by Crippen LogP contribution is 2.17. The smallest absolute Gasteiger partial charge is 0.275 e. The molecule has 0 saturated carbocycles. The summed E-state index contributed by atoms with van der Waals surface area (Å²) in [6, 6.07) is 0. The summed E-state index contributed by atoms with van der Waals surface area (Å²) in [6.07, 6.45) is 2.75. The van der Waals surface area contributed by atoms with Gasteiger partial charge >= 0.3 is 0 Å². The standard InChI is InChI=1S/C12H17N5O4S/c1-9(2)11-14-12(15-21-11)16-7-10(13-8-16)22(18,19)17-3-5-20-6-4-17/h7-9H,3-6H2,1-2H3. The lowest BCUT2D eigenvalue weighted by Gasteiger charge is -2.24. The zero-order valence-corrected chi connectivity index (χ0v) is 13.2. The van der Waals surface area contributed by atoms with Gasteiger partial charge in [-0.1, -0.05) is 13.8 Å². The number of sulfonamides is 1. The lowest BCUT2D eigenvalue weighted by molar-refractivity contribution is 0.0729. The predicted molar refractivity (Wildman–Crippen MR) is 75.1 cm³/mol. The van der Waals surface area contributed by atoms with Gasteiger partial charge in [0.1, 0.15) is 6.33 Å². The summed E-state index contributed by atoms with van der Waals surface area (Å²) in [7, 11) is -3.62. The maximum Gasteiger partial charge on any atom is 0.275 e. The zero-order chi connectivity index (χ0) is 15.7. The number of ether oxygens (including phenoxy) is 1. The van der Waals surface area contributed by atoms with Crippen molar-refractivity contribution >= 4 is 10.0 Å². The molecular weight excluding hydrogens is 310 g/mol. The maximum atomic E-state index is 12.5. The van der Waals surface area contributed by atoms with E-state index in [0.29, 0.717) is 32.2 Å². The highest BCUT2D eigenvalue weighted by atomic mass is 32.2. The lowest BCUT2D eigenvalue weighted by Crippen LogP contribution is -2.40. The van der Waals surface area contributed by atoms with Crippen LogP contribution in [0.3, 0.4) is 0 Å². The van der Waals surface area contributed by atoms with Crippen molar-refractivity contribution in [3.8, 4) is 5.95 Å². The van der Waals surface area contributed by atoms with E-state index in [1.165, 1.54) is 21.4 Å². The highest BCUT2D eigenvalue weighted by molar-refractivity contribution is 7.89. The van der Waals surface area contributed by atoms with Crippen molar-refractivity contribution in [3.63, 3.8) is 0 Å². The molecule has 22 heavy (non-hydrogen) atoms. The van der Waals surface area contributed by atoms with Crippen LogP contribution >= 0.6 is 0 Å². The molecule has 0 bridgehead atoms. The molecular formula is C12H17N5O4S. The Balaban J connectivity index is 1.86. The number of imidazole rings is 1. The van der Waals surface area contributed by atoms with Crippen LogP contribution in [0.25, 0.3) is 5.95 Å². The third kappa shape index (κ3) is 2.76. The Bertz CT molecular complexity index is 745. The van der Waals surface area contributed by atoms with Gasteiger partial charge < -0.3 is 9.26 Å². The van der Waals surface area contributed by atoms with E-state index in [9.17, 15) is 8.42 Å². The van der Waals surface area contributed by atoms with E-state index in [4.69, 9.17) is 9.26 Å². The van der Waals surface area contributed by atoms with Crippen molar-refractivity contribution in [1.82, 2.24) is 24.0 Å². The molecule has 0 N–H and O–H groups in total. The summed E-state index contributed by atoms with van der Waals surface area (Å²) in [5.74, 6) is 0.849. The first-order valence-corrected chi connectivity index (χ1v) is 8.38. The number of aromatic nitrogens is 4. The van der Waals surface area contributed by atoms with E-state index in [0.717, 1.165) is 0 Å². The van der Waals surface area contributed by atoms with Crippen molar-refractivity contribution < 1.29 is 17.7 Å². The van der Waals surface area contributed by atoms with Gasteiger partial charge in [0.05, 0.1) is 19.4 Å². The first-order chi connectivity index (χ1) is 10.5. The Labute approximate surface area is 127 Å². The van der Waals surface area contributed by atoms with Crippen molar-refractivity contribution in [3.05, 3.63) is 18.4 Å². The third-order valence-electron chi connectivity index (χ3n) is 3.29. The lowest BCUT2D eigenvalue weighted by atomic mass is 10.2. The molecule has 0 radical (unpaired) electrons. The molecule has 1 aliphatic heterocycles. The van der Waals surface area contributed by atoms with E-state index in [1.807, 2.05) is 13.8 Å². The second-order valence-corrected chi connectivity index (χ2v) is 7.11. The molecule has 0 amide bonds. The number of rotatable bonds is 4. The van der Waals surface area contributed by atoms with Gasteiger partial charge in [-0.3, -0.25) is 4.57 Å². The molecule has 0 aliphatic carbocycles. The SMILES string of the molecule is CC(C)c1nc(-n2cnc(S(=O)(=O)N3CCOCC3)c2)no1. The summed E-state index contributed by atoms with van der Waals surface area (Å²) < 4.78 is 38.0. The van der Waals surface area contributed by atoms with Gasteiger partial charge in [0.25, 0.3) is 16.0 Å². The van der Waals surface area contributed by atoms with Crippen molar-refractivity contribution in [2.75, 3.05) is 26.3 Å². The number of nitrogens with zero attached hydrogens (tertiary/aromatic N) is 5. The van der Waals surface area contributed by atoms with Crippen LogP contribution in [0.1, 0.15) is 25.7 Å². The van der Waals surface area contributed by atoms with Crippen LogP contribution in [0.2, 0.25) is 0 Å². The minimum absolute atomic E-state index is 0.0368. The average Bonchev–Trinajstić information content (AvgIpc) is 3.17. The minimum Gasteiger partial charge on any atom is -0.379 e. The highest BCUT2D eigenvalue weighted by Gasteiger charge is 2.28. The van der Waals surface area contributed by atoms with Gasteiger partial charge in [0.15, 0.2) is 5.03 Å². The Morgan fingerprint density at radius 2 is 2.00 bits per heavy atom. The molecule has 2 aromatic heterocycles. The van der Waals surface area contributed by atoms with Crippen molar-refractivity contribution in [2.45, 2.75) is 24.8 Å². The fourth-order valence-corrected chi connectivity index (χ4v) is 3.35. The Kier molecular flexibility index (Phi) is 3.98. The van der Waals surface area contributed by atoms with E-state index >= 15 is 0 Å². The molecule has 9 nitrogen and oxygen atoms in total. The van der Waals surface area contributed by atoms with E-state index in [1.54, 1.807) is 0 Å². The Morgan fingerprint density at radius 1 is 1.27 bits per heavy atom. The normalized spacial score (nSPS) is 17.2. The molecule has 0 atom stereocenters. The zero-order valence-electron chi connectivity index (χ0n) is 12.3. The van der Waals surface area contributed by atoms with Gasteiger partial charge in [-0.15, -0.1) is 0 Å². The van der Waals surface area contributed by atoms with Crippen molar-refractivity contribution in [1.29, 1.82) is 0 Å².